The van der Waals surface area contributed by atoms with Gasteiger partial charge in [0.1, 0.15) is 6.04 Å². The van der Waals surface area contributed by atoms with Gasteiger partial charge in [0, 0.05) is 0 Å². The van der Waals surface area contributed by atoms with Crippen molar-refractivity contribution in [3.05, 3.63) is 35.4 Å². The van der Waals surface area contributed by atoms with Crippen LogP contribution in [0.3, 0.4) is 0 Å². The molecule has 0 fully saturated rings. The van der Waals surface area contributed by atoms with Gasteiger partial charge < -0.3 is 5.11 Å². The fourth-order valence-corrected chi connectivity index (χ4v) is 1.80. The van der Waals surface area contributed by atoms with Gasteiger partial charge >= 0.3 is 5.97 Å². The van der Waals surface area contributed by atoms with Crippen LogP contribution in [-0.2, 0) is 4.79 Å². The van der Waals surface area contributed by atoms with E-state index in [9.17, 15) is 4.79 Å². The van der Waals surface area contributed by atoms with Crippen LogP contribution in [0.5, 0.6) is 0 Å². The van der Waals surface area contributed by atoms with Gasteiger partial charge in [-0.25, -0.2) is 0 Å². The summed E-state index contributed by atoms with van der Waals surface area (Å²) < 4.78 is 0. The van der Waals surface area contributed by atoms with Crippen molar-refractivity contribution in [3.8, 4) is 6.07 Å². The molecule has 1 rings (SSSR count). The molecule has 4 heteroatoms. The van der Waals surface area contributed by atoms with E-state index in [1.807, 2.05) is 24.3 Å². The van der Waals surface area contributed by atoms with E-state index >= 15 is 0 Å². The minimum atomic E-state index is -0.934. The molecule has 0 bridgehead atoms. The minimum absolute atomic E-state index is 0.149. The van der Waals surface area contributed by atoms with E-state index in [2.05, 4.69) is 19.9 Å². The molecule has 1 aromatic rings. The first-order valence-electron chi connectivity index (χ1n) is 5.87. The Morgan fingerprint density at radius 3 is 2.22 bits per heavy atom. The highest BCUT2D eigenvalue weighted by Crippen LogP contribution is 2.21. The highest BCUT2D eigenvalue weighted by Gasteiger charge is 2.18. The average Bonchev–Trinajstić information content (AvgIpc) is 2.29. The molecular weight excluding hydrogens is 228 g/mol. The maximum absolute atomic E-state index is 10.7. The number of rotatable bonds is 5. The predicted octanol–water partition coefficient (Wildman–Crippen LogP) is 2.39. The number of nitriles is 1. The van der Waals surface area contributed by atoms with Gasteiger partial charge in [0.2, 0.25) is 0 Å². The summed E-state index contributed by atoms with van der Waals surface area (Å²) in [6.45, 7) is 4.06. The topological polar surface area (TPSA) is 64.3 Å². The second-order valence-corrected chi connectivity index (χ2v) is 4.66. The summed E-state index contributed by atoms with van der Waals surface area (Å²) in [6, 6.07) is 9.36. The largest absolute Gasteiger partial charge is 0.480 e. The molecule has 1 atom stereocenters. The molecule has 4 nitrogen and oxygen atoms in total. The van der Waals surface area contributed by atoms with Gasteiger partial charge in [-0.05, 0) is 24.1 Å². The van der Waals surface area contributed by atoms with Crippen molar-refractivity contribution in [2.45, 2.75) is 25.8 Å². The Kier molecular flexibility index (Phi) is 4.87. The molecule has 0 aliphatic heterocycles. The third-order valence-electron chi connectivity index (χ3n) is 2.87. The normalized spacial score (nSPS) is 12.4. The maximum atomic E-state index is 10.7. The quantitative estimate of drug-likeness (QED) is 0.866. The van der Waals surface area contributed by atoms with Crippen molar-refractivity contribution in [2.75, 3.05) is 13.6 Å². The van der Waals surface area contributed by atoms with Crippen LogP contribution < -0.4 is 0 Å². The summed E-state index contributed by atoms with van der Waals surface area (Å²) in [4.78, 5) is 12.2. The molecule has 0 spiro atoms. The average molecular weight is 246 g/mol. The maximum Gasteiger partial charge on any atom is 0.317 e. The lowest BCUT2D eigenvalue weighted by molar-refractivity contribution is -0.138. The van der Waals surface area contributed by atoms with Crippen LogP contribution in [0.4, 0.5) is 0 Å². The highest BCUT2D eigenvalue weighted by molar-refractivity contribution is 5.69. The molecule has 96 valence electrons. The van der Waals surface area contributed by atoms with Gasteiger partial charge in [0.05, 0.1) is 12.6 Å². The number of carboxylic acid groups (broad SMARTS) is 1. The summed E-state index contributed by atoms with van der Waals surface area (Å²) in [5.41, 5.74) is 2.03. The number of nitrogens with zero attached hydrogens (tertiary/aromatic N) is 2. The molecule has 0 aliphatic rings. The number of carbonyl (C=O) groups is 1. The zero-order valence-corrected chi connectivity index (χ0v) is 10.9. The molecule has 0 amide bonds. The monoisotopic (exact) mass is 246 g/mol. The molecular formula is C14H18N2O2. The van der Waals surface area contributed by atoms with E-state index < -0.39 is 12.0 Å². The van der Waals surface area contributed by atoms with Crippen LogP contribution in [0.1, 0.15) is 36.9 Å². The van der Waals surface area contributed by atoms with Crippen LogP contribution >= 0.6 is 0 Å². The van der Waals surface area contributed by atoms with Crippen molar-refractivity contribution >= 4 is 5.97 Å². The van der Waals surface area contributed by atoms with Gasteiger partial charge in [-0.3, -0.25) is 9.69 Å². The summed E-state index contributed by atoms with van der Waals surface area (Å²) in [7, 11) is 1.64. The van der Waals surface area contributed by atoms with Gasteiger partial charge in [0.25, 0.3) is 0 Å². The molecule has 1 aromatic carbocycles. The second-order valence-electron chi connectivity index (χ2n) is 4.66. The Balaban J connectivity index is 2.89. The van der Waals surface area contributed by atoms with Crippen molar-refractivity contribution in [2.24, 2.45) is 0 Å². The van der Waals surface area contributed by atoms with Gasteiger partial charge in [-0.2, -0.15) is 5.26 Å². The standard InChI is InChI=1S/C14H18N2O2/c1-10(2)11-4-6-12(7-5-11)13(8-15)16(3)9-14(17)18/h4-7,10,13H,9H2,1-3H3,(H,17,18). The van der Waals surface area contributed by atoms with Crippen molar-refractivity contribution in [3.63, 3.8) is 0 Å². The first-order chi connectivity index (χ1) is 8.45. The van der Waals surface area contributed by atoms with Crippen molar-refractivity contribution in [1.82, 2.24) is 4.90 Å². The Hall–Kier alpha value is -1.86. The van der Waals surface area contributed by atoms with Gasteiger partial charge in [-0.15, -0.1) is 0 Å². The fourth-order valence-electron chi connectivity index (χ4n) is 1.80. The Morgan fingerprint density at radius 2 is 1.83 bits per heavy atom. The lowest BCUT2D eigenvalue weighted by Gasteiger charge is -2.21. The molecule has 0 aromatic heterocycles. The third kappa shape index (κ3) is 3.57. The van der Waals surface area contributed by atoms with E-state index in [4.69, 9.17) is 10.4 Å². The van der Waals surface area contributed by atoms with Gasteiger partial charge in [0.15, 0.2) is 0 Å². The molecule has 0 saturated carbocycles. The number of aliphatic carboxylic acids is 1. The first-order valence-corrected chi connectivity index (χ1v) is 5.87. The molecule has 1 unspecified atom stereocenters. The predicted molar refractivity (Wildman–Crippen MR) is 69.2 cm³/mol. The van der Waals surface area contributed by atoms with Crippen LogP contribution in [0.15, 0.2) is 24.3 Å². The summed E-state index contributed by atoms with van der Waals surface area (Å²) in [5, 5.41) is 17.9. The number of likely N-dealkylation sites (N-methyl/N-ethyl adjacent to an activating group) is 1. The SMILES string of the molecule is CC(C)c1ccc(C(C#N)N(C)CC(=O)O)cc1. The Bertz CT molecular complexity index is 446. The first kappa shape index (κ1) is 14.2. The molecule has 1 N–H and O–H groups in total. The molecule has 0 radical (unpaired) electrons. The minimum Gasteiger partial charge on any atom is -0.480 e. The van der Waals surface area contributed by atoms with Crippen molar-refractivity contribution < 1.29 is 9.90 Å². The lowest BCUT2D eigenvalue weighted by Crippen LogP contribution is -2.29. The zero-order chi connectivity index (χ0) is 13.7. The number of hydrogen-bond donors (Lipinski definition) is 1. The second kappa shape index (κ2) is 6.18. The van der Waals surface area contributed by atoms with E-state index in [-0.39, 0.29) is 6.54 Å². The van der Waals surface area contributed by atoms with E-state index in [1.54, 1.807) is 7.05 Å². The smallest absolute Gasteiger partial charge is 0.317 e. The van der Waals surface area contributed by atoms with Crippen LogP contribution in [0, 0.1) is 11.3 Å². The van der Waals surface area contributed by atoms with Gasteiger partial charge in [-0.1, -0.05) is 38.1 Å². The van der Waals surface area contributed by atoms with E-state index in [0.29, 0.717) is 5.92 Å². The number of carboxylic acids is 1. The molecule has 18 heavy (non-hydrogen) atoms. The Morgan fingerprint density at radius 1 is 1.33 bits per heavy atom. The molecule has 0 heterocycles. The van der Waals surface area contributed by atoms with Crippen LogP contribution in [-0.4, -0.2) is 29.6 Å². The fraction of sp³-hybridized carbons (Fsp3) is 0.429. The molecule has 0 aliphatic carbocycles. The van der Waals surface area contributed by atoms with E-state index in [0.717, 1.165) is 5.56 Å². The number of benzene rings is 1. The van der Waals surface area contributed by atoms with Crippen LogP contribution in [0.2, 0.25) is 0 Å². The lowest BCUT2D eigenvalue weighted by atomic mass is 9.99. The highest BCUT2D eigenvalue weighted by atomic mass is 16.4. The van der Waals surface area contributed by atoms with E-state index in [1.165, 1.54) is 10.5 Å². The van der Waals surface area contributed by atoms with Crippen molar-refractivity contribution in [1.29, 1.82) is 5.26 Å². The molecule has 0 saturated heterocycles. The summed E-state index contributed by atoms with van der Waals surface area (Å²) >= 11 is 0. The summed E-state index contributed by atoms with van der Waals surface area (Å²) in [6.07, 6.45) is 0. The zero-order valence-electron chi connectivity index (χ0n) is 10.9. The summed E-state index contributed by atoms with van der Waals surface area (Å²) in [5.74, 6) is -0.493. The Labute approximate surface area is 107 Å². The van der Waals surface area contributed by atoms with Crippen LogP contribution in [0.25, 0.3) is 0 Å². The third-order valence-corrected chi connectivity index (χ3v) is 2.87. The number of hydrogen-bond acceptors (Lipinski definition) is 3.